The third-order valence-electron chi connectivity index (χ3n) is 4.36. The van der Waals surface area contributed by atoms with Gasteiger partial charge in [0.25, 0.3) is 5.91 Å². The summed E-state index contributed by atoms with van der Waals surface area (Å²) in [6.45, 7) is 5.86. The summed E-state index contributed by atoms with van der Waals surface area (Å²) in [5.74, 6) is -1.99. The van der Waals surface area contributed by atoms with Gasteiger partial charge in [0.2, 0.25) is 5.91 Å². The van der Waals surface area contributed by atoms with E-state index in [-0.39, 0.29) is 6.54 Å². The van der Waals surface area contributed by atoms with Gasteiger partial charge in [-0.1, -0.05) is 0 Å². The quantitative estimate of drug-likeness (QED) is 0.595. The van der Waals surface area contributed by atoms with Crippen molar-refractivity contribution < 1.29 is 28.6 Å². The molecule has 0 aliphatic heterocycles. The van der Waals surface area contributed by atoms with Crippen LogP contribution in [0.3, 0.4) is 0 Å². The van der Waals surface area contributed by atoms with Crippen LogP contribution in [0.15, 0.2) is 21.3 Å². The molecule has 1 aromatic carbocycles. The molecule has 1 atom stereocenters. The average Bonchev–Trinajstić information content (AvgIpc) is 2.65. The molecule has 1 heterocycles. The molecule has 3 N–H and O–H groups in total. The second kappa shape index (κ2) is 8.55. The Balaban J connectivity index is 2.09. The summed E-state index contributed by atoms with van der Waals surface area (Å²) in [5.41, 5.74) is 1.90. The maximum atomic E-state index is 12.1. The van der Waals surface area contributed by atoms with Gasteiger partial charge in [-0.15, -0.1) is 0 Å². The molecule has 2 aromatic rings. The smallest absolute Gasteiger partial charge is 0.339 e. The first kappa shape index (κ1) is 20.9. The van der Waals surface area contributed by atoms with Gasteiger partial charge in [0, 0.05) is 16.5 Å². The van der Waals surface area contributed by atoms with Gasteiger partial charge in [-0.3, -0.25) is 14.4 Å². The molecular weight excluding hydrogens is 368 g/mol. The third kappa shape index (κ3) is 4.67. The van der Waals surface area contributed by atoms with E-state index in [9.17, 15) is 19.2 Å². The van der Waals surface area contributed by atoms with E-state index < -0.39 is 36.1 Å². The number of nitrogens with one attached hydrogen (secondary N) is 2. The Kier molecular flexibility index (Phi) is 6.40. The fourth-order valence-corrected chi connectivity index (χ4v) is 2.54. The topological polar surface area (TPSA) is 135 Å². The largest absolute Gasteiger partial charge is 0.480 e. The first-order valence-corrected chi connectivity index (χ1v) is 8.58. The van der Waals surface area contributed by atoms with Crippen LogP contribution in [0.2, 0.25) is 0 Å². The van der Waals surface area contributed by atoms with Crippen molar-refractivity contribution in [2.24, 2.45) is 0 Å². The Morgan fingerprint density at radius 3 is 2.39 bits per heavy atom. The summed E-state index contributed by atoms with van der Waals surface area (Å²) in [6, 6.07) is 3.44. The van der Waals surface area contributed by atoms with E-state index in [0.29, 0.717) is 22.5 Å². The van der Waals surface area contributed by atoms with Crippen molar-refractivity contribution in [2.45, 2.75) is 33.8 Å². The zero-order valence-electron chi connectivity index (χ0n) is 16.0. The predicted molar refractivity (Wildman–Crippen MR) is 100 cm³/mol. The average molecular weight is 390 g/mol. The van der Waals surface area contributed by atoms with E-state index in [1.807, 2.05) is 6.92 Å². The van der Waals surface area contributed by atoms with Crippen LogP contribution in [0, 0.1) is 20.8 Å². The highest BCUT2D eigenvalue weighted by molar-refractivity contribution is 5.89. The molecule has 0 saturated heterocycles. The predicted octanol–water partition coefficient (Wildman–Crippen LogP) is 0.803. The lowest BCUT2D eigenvalue weighted by Gasteiger charge is -2.17. The molecule has 0 saturated carbocycles. The van der Waals surface area contributed by atoms with Crippen LogP contribution in [0.5, 0.6) is 5.75 Å². The summed E-state index contributed by atoms with van der Waals surface area (Å²) < 4.78 is 11.0. The Labute approximate surface area is 160 Å². The van der Waals surface area contributed by atoms with Crippen molar-refractivity contribution >= 4 is 28.8 Å². The van der Waals surface area contributed by atoms with Gasteiger partial charge < -0.3 is 24.9 Å². The molecule has 1 aromatic heterocycles. The highest BCUT2D eigenvalue weighted by atomic mass is 16.5. The monoisotopic (exact) mass is 390 g/mol. The van der Waals surface area contributed by atoms with E-state index in [1.54, 1.807) is 26.0 Å². The van der Waals surface area contributed by atoms with Gasteiger partial charge in [0.15, 0.2) is 6.10 Å². The van der Waals surface area contributed by atoms with Crippen LogP contribution < -0.4 is 21.0 Å². The number of ether oxygens (including phenoxy) is 1. The van der Waals surface area contributed by atoms with Crippen LogP contribution in [0.1, 0.15) is 23.6 Å². The molecule has 0 aliphatic rings. The Hall–Kier alpha value is -3.36. The van der Waals surface area contributed by atoms with Gasteiger partial charge in [-0.25, -0.2) is 4.79 Å². The number of aliphatic carboxylic acids is 1. The summed E-state index contributed by atoms with van der Waals surface area (Å²) in [6.07, 6.45) is -0.929. The van der Waals surface area contributed by atoms with E-state index in [1.165, 1.54) is 6.92 Å². The highest BCUT2D eigenvalue weighted by Crippen LogP contribution is 2.29. The molecule has 0 aliphatic carbocycles. The molecule has 0 radical (unpaired) electrons. The summed E-state index contributed by atoms with van der Waals surface area (Å²) in [7, 11) is 0. The molecule has 150 valence electrons. The Morgan fingerprint density at radius 1 is 1.07 bits per heavy atom. The van der Waals surface area contributed by atoms with Gasteiger partial charge in [0.1, 0.15) is 17.9 Å². The fourth-order valence-electron chi connectivity index (χ4n) is 2.54. The SMILES string of the molecule is Cc1c(C)c2ccc(O[C@@H](C)C(=O)NCC(=O)NCC(=O)O)c(C)c2oc1=O. The van der Waals surface area contributed by atoms with Crippen molar-refractivity contribution in [1.82, 2.24) is 10.6 Å². The minimum absolute atomic E-state index is 0.371. The number of amides is 2. The summed E-state index contributed by atoms with van der Waals surface area (Å²) in [4.78, 5) is 45.9. The minimum atomic E-state index is -1.18. The zero-order valence-corrected chi connectivity index (χ0v) is 16.0. The van der Waals surface area contributed by atoms with Crippen molar-refractivity contribution in [3.05, 3.63) is 39.2 Å². The van der Waals surface area contributed by atoms with E-state index in [2.05, 4.69) is 10.6 Å². The second-order valence-electron chi connectivity index (χ2n) is 6.35. The first-order valence-electron chi connectivity index (χ1n) is 8.58. The number of carbonyl (C=O) groups excluding carboxylic acids is 2. The number of fused-ring (bicyclic) bond motifs is 1. The van der Waals surface area contributed by atoms with Crippen LogP contribution in [-0.2, 0) is 14.4 Å². The standard InChI is InChI=1S/C19H22N2O7/c1-9-10(2)19(26)28-17-11(3)14(6-5-13(9)17)27-12(4)18(25)21-7-15(22)20-8-16(23)24/h5-6,12H,7-8H2,1-4H3,(H,20,22)(H,21,25)(H,23,24)/t12-/m0/s1. The van der Waals surface area contributed by atoms with E-state index in [0.717, 1.165) is 10.9 Å². The van der Waals surface area contributed by atoms with Gasteiger partial charge in [-0.2, -0.15) is 0 Å². The van der Waals surface area contributed by atoms with Gasteiger partial charge in [0.05, 0.1) is 6.54 Å². The fraction of sp³-hybridized carbons (Fsp3) is 0.368. The molecular formula is C19H22N2O7. The first-order chi connectivity index (χ1) is 13.1. The Morgan fingerprint density at radius 2 is 1.75 bits per heavy atom. The lowest BCUT2D eigenvalue weighted by atomic mass is 10.0. The normalized spacial score (nSPS) is 11.7. The molecule has 2 rings (SSSR count). The van der Waals surface area contributed by atoms with Crippen molar-refractivity contribution in [3.63, 3.8) is 0 Å². The third-order valence-corrected chi connectivity index (χ3v) is 4.36. The van der Waals surface area contributed by atoms with E-state index in [4.69, 9.17) is 14.3 Å². The van der Waals surface area contributed by atoms with Gasteiger partial charge >= 0.3 is 11.6 Å². The second-order valence-corrected chi connectivity index (χ2v) is 6.35. The molecule has 2 amide bonds. The highest BCUT2D eigenvalue weighted by Gasteiger charge is 2.19. The molecule has 0 fully saturated rings. The lowest BCUT2D eigenvalue weighted by molar-refractivity contribution is -0.137. The Bertz CT molecular complexity index is 994. The van der Waals surface area contributed by atoms with Crippen LogP contribution in [0.4, 0.5) is 0 Å². The molecule has 28 heavy (non-hydrogen) atoms. The van der Waals surface area contributed by atoms with Crippen LogP contribution in [-0.4, -0.2) is 42.1 Å². The molecule has 0 spiro atoms. The number of aryl methyl sites for hydroxylation is 2. The van der Waals surface area contributed by atoms with Crippen LogP contribution in [0.25, 0.3) is 11.0 Å². The number of carboxylic acids is 1. The molecule has 9 nitrogen and oxygen atoms in total. The number of hydrogen-bond acceptors (Lipinski definition) is 6. The minimum Gasteiger partial charge on any atom is -0.480 e. The summed E-state index contributed by atoms with van der Waals surface area (Å²) >= 11 is 0. The van der Waals surface area contributed by atoms with Crippen molar-refractivity contribution in [1.29, 1.82) is 0 Å². The van der Waals surface area contributed by atoms with Crippen molar-refractivity contribution in [3.8, 4) is 5.75 Å². The zero-order chi connectivity index (χ0) is 21.0. The number of carbonyl (C=O) groups is 3. The number of carboxylic acid groups (broad SMARTS) is 1. The van der Waals surface area contributed by atoms with Crippen molar-refractivity contribution in [2.75, 3.05) is 13.1 Å². The molecule has 0 unspecified atom stereocenters. The molecule has 9 heteroatoms. The lowest BCUT2D eigenvalue weighted by Crippen LogP contribution is -2.43. The number of hydrogen-bond donors (Lipinski definition) is 3. The maximum Gasteiger partial charge on any atom is 0.339 e. The van der Waals surface area contributed by atoms with Crippen LogP contribution >= 0.6 is 0 Å². The summed E-state index contributed by atoms with van der Waals surface area (Å²) in [5, 5.41) is 13.8. The molecule has 0 bridgehead atoms. The van der Waals surface area contributed by atoms with Gasteiger partial charge in [-0.05, 0) is 45.4 Å². The van der Waals surface area contributed by atoms with E-state index >= 15 is 0 Å². The maximum absolute atomic E-state index is 12.1. The number of rotatable bonds is 7. The number of benzene rings is 1.